The van der Waals surface area contributed by atoms with Crippen molar-refractivity contribution < 1.29 is 10.2 Å². The first-order chi connectivity index (χ1) is 10.5. The third kappa shape index (κ3) is 1.78. The van der Waals surface area contributed by atoms with E-state index in [-0.39, 0.29) is 17.4 Å². The van der Waals surface area contributed by atoms with Gasteiger partial charge in [-0.15, -0.1) is 12.3 Å². The summed E-state index contributed by atoms with van der Waals surface area (Å²) in [4.78, 5) is 0. The Morgan fingerprint density at radius 2 is 2.09 bits per heavy atom. The molecule has 0 heterocycles. The van der Waals surface area contributed by atoms with E-state index in [1.807, 2.05) is 12.1 Å². The maximum atomic E-state index is 10.5. The van der Waals surface area contributed by atoms with Crippen molar-refractivity contribution in [1.82, 2.24) is 0 Å². The number of aromatic hydroxyl groups is 1. The lowest BCUT2D eigenvalue weighted by Crippen LogP contribution is -2.46. The number of phenolic OH excluding ortho intramolecular Hbond substituents is 1. The Bertz CT molecular complexity index is 644. The molecule has 0 saturated heterocycles. The second-order valence-corrected chi connectivity index (χ2v) is 7.79. The van der Waals surface area contributed by atoms with Crippen molar-refractivity contribution in [2.75, 3.05) is 0 Å². The second-order valence-electron chi connectivity index (χ2n) is 7.79. The molecule has 2 N–H and O–H groups in total. The van der Waals surface area contributed by atoms with Gasteiger partial charge in [0.05, 0.1) is 6.10 Å². The van der Waals surface area contributed by atoms with Crippen LogP contribution >= 0.6 is 0 Å². The highest BCUT2D eigenvalue weighted by Gasteiger charge is 2.56. The maximum Gasteiger partial charge on any atom is 0.115 e. The Balaban J connectivity index is 1.79. The maximum absolute atomic E-state index is 10.5. The van der Waals surface area contributed by atoms with Gasteiger partial charge in [0.1, 0.15) is 5.75 Å². The SMILES string of the molecule is C#CC1Cc2cc(O)ccc2[C@H]2CC[C@]3(C)[C@@H](O)CC[C@H]3[C@H]12. The van der Waals surface area contributed by atoms with Crippen LogP contribution in [0.2, 0.25) is 0 Å². The highest BCUT2D eigenvalue weighted by atomic mass is 16.3. The van der Waals surface area contributed by atoms with E-state index in [0.29, 0.717) is 23.5 Å². The van der Waals surface area contributed by atoms with Crippen LogP contribution in [0.3, 0.4) is 0 Å². The number of hydrogen-bond donors (Lipinski definition) is 2. The fourth-order valence-electron chi connectivity index (χ4n) is 5.76. The third-order valence-corrected chi connectivity index (χ3v) is 6.93. The molecule has 3 aliphatic rings. The van der Waals surface area contributed by atoms with E-state index in [9.17, 15) is 10.2 Å². The molecule has 0 radical (unpaired) electrons. The van der Waals surface area contributed by atoms with Gasteiger partial charge < -0.3 is 10.2 Å². The van der Waals surface area contributed by atoms with Crippen LogP contribution in [0.25, 0.3) is 0 Å². The summed E-state index contributed by atoms with van der Waals surface area (Å²) in [6.07, 6.45) is 10.8. The molecular formula is C20H24O2. The molecule has 3 aliphatic carbocycles. The molecule has 2 saturated carbocycles. The normalized spacial score (nSPS) is 42.9. The first-order valence-electron chi connectivity index (χ1n) is 8.50. The van der Waals surface area contributed by atoms with E-state index >= 15 is 0 Å². The molecule has 2 fully saturated rings. The zero-order valence-electron chi connectivity index (χ0n) is 13.1. The predicted octanol–water partition coefficient (Wildman–Crippen LogP) is 3.47. The van der Waals surface area contributed by atoms with Crippen molar-refractivity contribution in [3.05, 3.63) is 29.3 Å². The summed E-state index contributed by atoms with van der Waals surface area (Å²) in [6.45, 7) is 2.27. The molecule has 1 aromatic carbocycles. The van der Waals surface area contributed by atoms with Gasteiger partial charge in [-0.1, -0.05) is 13.0 Å². The molecule has 0 amide bonds. The Kier molecular flexibility index (Phi) is 3.07. The van der Waals surface area contributed by atoms with Gasteiger partial charge in [0.25, 0.3) is 0 Å². The summed E-state index contributed by atoms with van der Waals surface area (Å²) < 4.78 is 0. The number of hydrogen-bond acceptors (Lipinski definition) is 2. The van der Waals surface area contributed by atoms with Gasteiger partial charge in [-0.2, -0.15) is 0 Å². The van der Waals surface area contributed by atoms with Crippen LogP contribution in [0, 0.1) is 35.5 Å². The van der Waals surface area contributed by atoms with Crippen LogP contribution in [0.5, 0.6) is 5.75 Å². The number of terminal acetylenes is 1. The first-order valence-corrected chi connectivity index (χ1v) is 8.50. The van der Waals surface area contributed by atoms with Crippen LogP contribution in [0.4, 0.5) is 0 Å². The van der Waals surface area contributed by atoms with Crippen LogP contribution in [0.1, 0.15) is 49.7 Å². The molecule has 22 heavy (non-hydrogen) atoms. The molecule has 2 nitrogen and oxygen atoms in total. The van der Waals surface area contributed by atoms with Crippen molar-refractivity contribution in [1.29, 1.82) is 0 Å². The average Bonchev–Trinajstić information content (AvgIpc) is 2.81. The number of rotatable bonds is 0. The van der Waals surface area contributed by atoms with Crippen LogP contribution in [0.15, 0.2) is 18.2 Å². The third-order valence-electron chi connectivity index (χ3n) is 6.93. The molecule has 4 rings (SSSR count). The van der Waals surface area contributed by atoms with Gasteiger partial charge in [0.15, 0.2) is 0 Å². The molecule has 6 atom stereocenters. The number of phenols is 1. The molecular weight excluding hydrogens is 272 g/mol. The molecule has 0 spiro atoms. The predicted molar refractivity (Wildman–Crippen MR) is 86.4 cm³/mol. The fraction of sp³-hybridized carbons (Fsp3) is 0.600. The topological polar surface area (TPSA) is 40.5 Å². The van der Waals surface area contributed by atoms with Crippen molar-refractivity contribution in [2.45, 2.75) is 51.0 Å². The van der Waals surface area contributed by atoms with Gasteiger partial charge in [-0.3, -0.25) is 0 Å². The Morgan fingerprint density at radius 1 is 1.27 bits per heavy atom. The van der Waals surface area contributed by atoms with Crippen LogP contribution in [-0.2, 0) is 6.42 Å². The van der Waals surface area contributed by atoms with Crippen molar-refractivity contribution in [3.8, 4) is 18.1 Å². The highest BCUT2D eigenvalue weighted by molar-refractivity contribution is 5.41. The molecule has 2 heteroatoms. The van der Waals surface area contributed by atoms with Crippen molar-refractivity contribution in [3.63, 3.8) is 0 Å². The van der Waals surface area contributed by atoms with Crippen LogP contribution < -0.4 is 0 Å². The van der Waals surface area contributed by atoms with Gasteiger partial charge in [0, 0.05) is 5.92 Å². The second kappa shape index (κ2) is 4.77. The van der Waals surface area contributed by atoms with Gasteiger partial charge in [-0.25, -0.2) is 0 Å². The number of fused-ring (bicyclic) bond motifs is 5. The summed E-state index contributed by atoms with van der Waals surface area (Å²) in [5.74, 6) is 5.12. The van der Waals surface area contributed by atoms with Crippen molar-refractivity contribution in [2.24, 2.45) is 23.2 Å². The minimum absolute atomic E-state index is 0.0463. The molecule has 1 unspecified atom stereocenters. The first kappa shape index (κ1) is 14.2. The number of aliphatic hydroxyl groups is 1. The standard InChI is InChI=1S/C20H24O2/c1-3-12-10-13-11-14(21)4-5-15(13)16-8-9-20(2)17(19(12)16)6-7-18(20)22/h1,4-5,11-12,16-19,21-22H,6-10H2,2H3/t12?,16-,17+,18+,19-,20+/m1/s1. The highest BCUT2D eigenvalue weighted by Crippen LogP contribution is 2.62. The van der Waals surface area contributed by atoms with E-state index < -0.39 is 0 Å². The number of benzene rings is 1. The minimum Gasteiger partial charge on any atom is -0.508 e. The Labute approximate surface area is 132 Å². The monoisotopic (exact) mass is 296 g/mol. The van der Waals surface area contributed by atoms with E-state index in [1.54, 1.807) is 0 Å². The molecule has 116 valence electrons. The summed E-state index contributed by atoms with van der Waals surface area (Å²) in [5, 5.41) is 20.3. The zero-order valence-corrected chi connectivity index (χ0v) is 13.1. The molecule has 1 aromatic rings. The largest absolute Gasteiger partial charge is 0.508 e. The van der Waals surface area contributed by atoms with E-state index in [1.165, 1.54) is 11.1 Å². The fourth-order valence-corrected chi connectivity index (χ4v) is 5.76. The Hall–Kier alpha value is -1.46. The quantitative estimate of drug-likeness (QED) is 0.720. The lowest BCUT2D eigenvalue weighted by atomic mass is 9.52. The summed E-state index contributed by atoms with van der Waals surface area (Å²) in [7, 11) is 0. The molecule has 0 bridgehead atoms. The van der Waals surface area contributed by atoms with E-state index in [2.05, 4.69) is 18.9 Å². The Morgan fingerprint density at radius 3 is 2.86 bits per heavy atom. The summed E-state index contributed by atoms with van der Waals surface area (Å²) in [6, 6.07) is 5.81. The number of aliphatic hydroxyl groups excluding tert-OH is 1. The van der Waals surface area contributed by atoms with Crippen molar-refractivity contribution >= 4 is 0 Å². The summed E-state index contributed by atoms with van der Waals surface area (Å²) >= 11 is 0. The average molecular weight is 296 g/mol. The summed E-state index contributed by atoms with van der Waals surface area (Å²) in [5.41, 5.74) is 2.66. The smallest absolute Gasteiger partial charge is 0.115 e. The van der Waals surface area contributed by atoms with Gasteiger partial charge in [0.2, 0.25) is 0 Å². The van der Waals surface area contributed by atoms with Gasteiger partial charge >= 0.3 is 0 Å². The molecule has 0 aliphatic heterocycles. The van der Waals surface area contributed by atoms with Gasteiger partial charge in [-0.05, 0) is 78.5 Å². The zero-order chi connectivity index (χ0) is 15.5. The van der Waals surface area contributed by atoms with E-state index in [4.69, 9.17) is 6.42 Å². The minimum atomic E-state index is -0.168. The lowest BCUT2D eigenvalue weighted by molar-refractivity contribution is -0.0309. The van der Waals surface area contributed by atoms with E-state index in [0.717, 1.165) is 32.1 Å². The molecule has 0 aromatic heterocycles. The van der Waals surface area contributed by atoms with Crippen LogP contribution in [-0.4, -0.2) is 16.3 Å². The lowest BCUT2D eigenvalue weighted by Gasteiger charge is -2.52.